The molecule has 0 bridgehead atoms. The normalized spacial score (nSPS) is 17.5. The van der Waals surface area contributed by atoms with Crippen LogP contribution in [0.15, 0.2) is 40.8 Å². The summed E-state index contributed by atoms with van der Waals surface area (Å²) in [7, 11) is 0. The first-order valence-corrected chi connectivity index (χ1v) is 9.41. The zero-order valence-corrected chi connectivity index (χ0v) is 16.1. The zero-order chi connectivity index (χ0) is 20.1. The van der Waals surface area contributed by atoms with Gasteiger partial charge in [0, 0.05) is 23.6 Å². The molecule has 0 saturated carbocycles. The molecule has 1 aliphatic heterocycles. The molecule has 6 heteroatoms. The van der Waals surface area contributed by atoms with Crippen molar-refractivity contribution < 1.29 is 18.0 Å². The van der Waals surface area contributed by atoms with Gasteiger partial charge in [0.1, 0.15) is 23.2 Å². The molecule has 1 saturated heterocycles. The van der Waals surface area contributed by atoms with Gasteiger partial charge >= 0.3 is 0 Å². The second-order valence-electron chi connectivity index (χ2n) is 8.27. The van der Waals surface area contributed by atoms with Crippen LogP contribution in [0.4, 0.5) is 8.78 Å². The minimum atomic E-state index is -0.624. The Morgan fingerprint density at radius 2 is 1.96 bits per heavy atom. The topological polar surface area (TPSA) is 46.3 Å². The van der Waals surface area contributed by atoms with Crippen molar-refractivity contribution in [3.63, 3.8) is 0 Å². The SMILES string of the molecule is CC(C)(C)C(=O)N1CCCC1c1nc2cc(-c3ccc(F)cc3F)ccc2o1. The maximum Gasteiger partial charge on any atom is 0.228 e. The van der Waals surface area contributed by atoms with Crippen molar-refractivity contribution in [2.45, 2.75) is 39.7 Å². The summed E-state index contributed by atoms with van der Waals surface area (Å²) in [5.41, 5.74) is 1.60. The molecule has 1 aliphatic rings. The summed E-state index contributed by atoms with van der Waals surface area (Å²) in [5.74, 6) is -0.662. The zero-order valence-electron chi connectivity index (χ0n) is 16.1. The Hall–Kier alpha value is -2.76. The molecule has 0 spiro atoms. The number of oxazole rings is 1. The number of nitrogens with zero attached hydrogens (tertiary/aromatic N) is 2. The summed E-state index contributed by atoms with van der Waals surface area (Å²) in [6.07, 6.45) is 1.70. The van der Waals surface area contributed by atoms with E-state index in [1.807, 2.05) is 25.7 Å². The Morgan fingerprint density at radius 3 is 2.68 bits per heavy atom. The van der Waals surface area contributed by atoms with E-state index in [1.54, 1.807) is 18.2 Å². The number of rotatable bonds is 2. The molecule has 1 fully saturated rings. The fourth-order valence-corrected chi connectivity index (χ4v) is 3.68. The quantitative estimate of drug-likeness (QED) is 0.587. The average molecular weight is 384 g/mol. The maximum atomic E-state index is 14.1. The second-order valence-corrected chi connectivity index (χ2v) is 8.27. The first-order chi connectivity index (χ1) is 13.2. The summed E-state index contributed by atoms with van der Waals surface area (Å²) in [6.45, 7) is 6.40. The maximum absolute atomic E-state index is 14.1. The van der Waals surface area contributed by atoms with E-state index in [9.17, 15) is 13.6 Å². The molecule has 4 rings (SSSR count). The minimum Gasteiger partial charge on any atom is -0.438 e. The highest BCUT2D eigenvalue weighted by Gasteiger charge is 2.38. The summed E-state index contributed by atoms with van der Waals surface area (Å²) < 4.78 is 33.2. The van der Waals surface area contributed by atoms with Gasteiger partial charge in [-0.15, -0.1) is 0 Å². The van der Waals surface area contributed by atoms with E-state index in [2.05, 4.69) is 4.98 Å². The third kappa shape index (κ3) is 3.28. The fraction of sp³-hybridized carbons (Fsp3) is 0.364. The lowest BCUT2D eigenvalue weighted by Crippen LogP contribution is -2.39. The van der Waals surface area contributed by atoms with E-state index in [-0.39, 0.29) is 11.9 Å². The van der Waals surface area contributed by atoms with Crippen molar-refractivity contribution in [1.82, 2.24) is 9.88 Å². The van der Waals surface area contributed by atoms with Crippen LogP contribution in [0.2, 0.25) is 0 Å². The molecule has 3 aromatic rings. The van der Waals surface area contributed by atoms with E-state index in [0.717, 1.165) is 18.9 Å². The lowest BCUT2D eigenvalue weighted by Gasteiger charge is -2.29. The molecule has 0 N–H and O–H groups in total. The molecular formula is C22H22F2N2O2. The predicted octanol–water partition coefficient (Wildman–Crippen LogP) is 5.48. The molecule has 2 aromatic carbocycles. The van der Waals surface area contributed by atoms with Crippen LogP contribution in [0.1, 0.15) is 45.5 Å². The first-order valence-electron chi connectivity index (χ1n) is 9.41. The standard InChI is InChI=1S/C22H22F2N2O2/c1-22(2,3)21(27)26-10-4-5-18(26)20-25-17-11-13(6-9-19(17)28-20)15-8-7-14(23)12-16(15)24/h6-9,11-12,18H,4-5,10H2,1-3H3. The fourth-order valence-electron chi connectivity index (χ4n) is 3.68. The van der Waals surface area contributed by atoms with E-state index in [4.69, 9.17) is 4.42 Å². The lowest BCUT2D eigenvalue weighted by molar-refractivity contribution is -0.140. The Morgan fingerprint density at radius 1 is 1.18 bits per heavy atom. The van der Waals surface area contributed by atoms with Crippen LogP contribution in [0.5, 0.6) is 0 Å². The number of aromatic nitrogens is 1. The molecule has 2 heterocycles. The van der Waals surface area contributed by atoms with Crippen LogP contribution in [-0.2, 0) is 4.79 Å². The minimum absolute atomic E-state index is 0.0753. The number of hydrogen-bond acceptors (Lipinski definition) is 3. The smallest absolute Gasteiger partial charge is 0.228 e. The van der Waals surface area contributed by atoms with Crippen molar-refractivity contribution in [2.75, 3.05) is 6.54 Å². The second kappa shape index (κ2) is 6.69. The lowest BCUT2D eigenvalue weighted by atomic mass is 9.94. The highest BCUT2D eigenvalue weighted by atomic mass is 19.1. The van der Waals surface area contributed by atoms with Crippen LogP contribution in [0.25, 0.3) is 22.2 Å². The molecule has 0 radical (unpaired) electrons. The first kappa shape index (κ1) is 18.6. The van der Waals surface area contributed by atoms with Crippen molar-refractivity contribution in [3.05, 3.63) is 53.9 Å². The Balaban J connectivity index is 1.69. The highest BCUT2D eigenvalue weighted by molar-refractivity contribution is 5.83. The molecule has 1 atom stereocenters. The molecule has 28 heavy (non-hydrogen) atoms. The monoisotopic (exact) mass is 384 g/mol. The Bertz CT molecular complexity index is 1050. The van der Waals surface area contributed by atoms with E-state index >= 15 is 0 Å². The van der Waals surface area contributed by atoms with Gasteiger partial charge in [-0.05, 0) is 42.7 Å². The number of carbonyl (C=O) groups is 1. The van der Waals surface area contributed by atoms with Gasteiger partial charge < -0.3 is 9.32 Å². The Kier molecular flexibility index (Phi) is 4.44. The van der Waals surface area contributed by atoms with Crippen LogP contribution in [0, 0.1) is 17.0 Å². The largest absolute Gasteiger partial charge is 0.438 e. The summed E-state index contributed by atoms with van der Waals surface area (Å²) >= 11 is 0. The molecule has 0 aliphatic carbocycles. The van der Waals surface area contributed by atoms with Crippen LogP contribution < -0.4 is 0 Å². The van der Waals surface area contributed by atoms with Gasteiger partial charge in [0.25, 0.3) is 0 Å². The molecule has 4 nitrogen and oxygen atoms in total. The van der Waals surface area contributed by atoms with Gasteiger partial charge in [-0.2, -0.15) is 0 Å². The van der Waals surface area contributed by atoms with Crippen molar-refractivity contribution >= 4 is 17.0 Å². The van der Waals surface area contributed by atoms with Crippen LogP contribution in [0.3, 0.4) is 0 Å². The molecule has 1 unspecified atom stereocenters. The van der Waals surface area contributed by atoms with Crippen molar-refractivity contribution in [2.24, 2.45) is 5.41 Å². The van der Waals surface area contributed by atoms with E-state index < -0.39 is 17.0 Å². The summed E-state index contributed by atoms with van der Waals surface area (Å²) in [5, 5.41) is 0. The van der Waals surface area contributed by atoms with Gasteiger partial charge in [-0.3, -0.25) is 4.79 Å². The average Bonchev–Trinajstić information content (AvgIpc) is 3.26. The number of fused-ring (bicyclic) bond motifs is 1. The third-order valence-corrected chi connectivity index (χ3v) is 5.09. The number of halogens is 2. The van der Waals surface area contributed by atoms with Gasteiger partial charge in [-0.1, -0.05) is 26.8 Å². The number of hydrogen-bond donors (Lipinski definition) is 0. The summed E-state index contributed by atoms with van der Waals surface area (Å²) in [6, 6.07) is 8.49. The van der Waals surface area contributed by atoms with E-state index in [0.29, 0.717) is 34.7 Å². The van der Waals surface area contributed by atoms with Gasteiger partial charge in [0.2, 0.25) is 11.8 Å². The van der Waals surface area contributed by atoms with Crippen molar-refractivity contribution in [1.29, 1.82) is 0 Å². The molecule has 1 aromatic heterocycles. The van der Waals surface area contributed by atoms with Gasteiger partial charge in [0.15, 0.2) is 5.58 Å². The third-order valence-electron chi connectivity index (χ3n) is 5.09. The highest BCUT2D eigenvalue weighted by Crippen LogP contribution is 2.37. The molecular weight excluding hydrogens is 362 g/mol. The molecule has 1 amide bonds. The van der Waals surface area contributed by atoms with Crippen LogP contribution >= 0.6 is 0 Å². The van der Waals surface area contributed by atoms with E-state index in [1.165, 1.54) is 12.1 Å². The number of amides is 1. The van der Waals surface area contributed by atoms with Gasteiger partial charge in [0.05, 0.1) is 0 Å². The van der Waals surface area contributed by atoms with Crippen LogP contribution in [-0.4, -0.2) is 22.3 Å². The predicted molar refractivity (Wildman–Crippen MR) is 103 cm³/mol. The van der Waals surface area contributed by atoms with Gasteiger partial charge in [-0.25, -0.2) is 13.8 Å². The van der Waals surface area contributed by atoms with Crippen molar-refractivity contribution in [3.8, 4) is 11.1 Å². The Labute approximate surface area is 162 Å². The molecule has 146 valence electrons. The number of carbonyl (C=O) groups excluding carboxylic acids is 1. The summed E-state index contributed by atoms with van der Waals surface area (Å²) in [4.78, 5) is 19.2. The number of likely N-dealkylation sites (tertiary alicyclic amines) is 1. The number of benzene rings is 2.